The molecule has 29 heavy (non-hydrogen) atoms. The highest BCUT2D eigenvalue weighted by Gasteiger charge is 2.33. The van der Waals surface area contributed by atoms with Crippen molar-refractivity contribution >= 4 is 23.3 Å². The van der Waals surface area contributed by atoms with Crippen LogP contribution in [0, 0.1) is 0 Å². The fourth-order valence-corrected chi connectivity index (χ4v) is 3.25. The molecule has 0 unspecified atom stereocenters. The number of anilines is 2. The molecule has 2 amide bonds. The molecule has 0 radical (unpaired) electrons. The van der Waals surface area contributed by atoms with Crippen molar-refractivity contribution in [2.45, 2.75) is 12.5 Å². The lowest BCUT2D eigenvalue weighted by Gasteiger charge is -2.24. The summed E-state index contributed by atoms with van der Waals surface area (Å²) in [6.07, 6.45) is 1.66. The second kappa shape index (κ2) is 7.67. The number of amides is 2. The number of carbonyl (C=O) groups is 2. The summed E-state index contributed by atoms with van der Waals surface area (Å²) in [5.41, 5.74) is 2.22. The number of hydrogen-bond acceptors (Lipinski definition) is 5. The van der Waals surface area contributed by atoms with Gasteiger partial charge in [0, 0.05) is 11.3 Å². The Bertz CT molecular complexity index is 1040. The SMILES string of the molecule is COc1ccc(NC(=O)[C@@H]2CC(=O)Nc3c(-c4ccc(OC)cc4)cnn32)cc1. The maximum absolute atomic E-state index is 12.9. The normalized spacial score (nSPS) is 15.2. The molecule has 4 rings (SSSR count). The maximum Gasteiger partial charge on any atom is 0.249 e. The standard InChI is InChI=1S/C21H20N4O4/c1-28-15-7-3-13(4-8-15)17-12-22-25-18(11-19(26)24-20(17)25)21(27)23-14-5-9-16(29-2)10-6-14/h3-10,12,18H,11H2,1-2H3,(H,23,27)(H,24,26)/t18-/m0/s1. The van der Waals surface area contributed by atoms with Crippen molar-refractivity contribution in [1.29, 1.82) is 0 Å². The van der Waals surface area contributed by atoms with E-state index in [0.717, 1.165) is 16.9 Å². The summed E-state index contributed by atoms with van der Waals surface area (Å²) in [5, 5.41) is 10.0. The molecule has 1 atom stereocenters. The fourth-order valence-electron chi connectivity index (χ4n) is 3.25. The van der Waals surface area contributed by atoms with Gasteiger partial charge in [-0.15, -0.1) is 0 Å². The largest absolute Gasteiger partial charge is 0.497 e. The Balaban J connectivity index is 1.61. The van der Waals surface area contributed by atoms with Crippen LogP contribution in [0.4, 0.5) is 11.5 Å². The van der Waals surface area contributed by atoms with Crippen LogP contribution in [0.5, 0.6) is 11.5 Å². The van der Waals surface area contributed by atoms with E-state index in [4.69, 9.17) is 9.47 Å². The van der Waals surface area contributed by atoms with Crippen LogP contribution >= 0.6 is 0 Å². The van der Waals surface area contributed by atoms with Crippen molar-refractivity contribution in [2.24, 2.45) is 0 Å². The first kappa shape index (κ1) is 18.5. The van der Waals surface area contributed by atoms with Gasteiger partial charge in [0.2, 0.25) is 11.8 Å². The van der Waals surface area contributed by atoms with Crippen LogP contribution < -0.4 is 20.1 Å². The fraction of sp³-hybridized carbons (Fsp3) is 0.190. The maximum atomic E-state index is 12.9. The quantitative estimate of drug-likeness (QED) is 0.696. The van der Waals surface area contributed by atoms with Gasteiger partial charge in [0.25, 0.3) is 0 Å². The third-order valence-corrected chi connectivity index (χ3v) is 4.79. The van der Waals surface area contributed by atoms with E-state index < -0.39 is 6.04 Å². The second-order valence-corrected chi connectivity index (χ2v) is 6.57. The van der Waals surface area contributed by atoms with Crippen molar-refractivity contribution in [1.82, 2.24) is 9.78 Å². The molecule has 0 spiro atoms. The van der Waals surface area contributed by atoms with E-state index in [0.29, 0.717) is 17.3 Å². The molecule has 1 aliphatic heterocycles. The van der Waals surface area contributed by atoms with Crippen LogP contribution in [0.15, 0.2) is 54.7 Å². The average Bonchev–Trinajstić information content (AvgIpc) is 3.17. The highest BCUT2D eigenvalue weighted by atomic mass is 16.5. The molecule has 0 bridgehead atoms. The molecule has 0 aliphatic carbocycles. The van der Waals surface area contributed by atoms with E-state index in [9.17, 15) is 9.59 Å². The molecule has 0 saturated heterocycles. The van der Waals surface area contributed by atoms with Crippen molar-refractivity contribution in [2.75, 3.05) is 24.9 Å². The predicted molar refractivity (Wildman–Crippen MR) is 108 cm³/mol. The molecule has 8 heteroatoms. The van der Waals surface area contributed by atoms with E-state index in [2.05, 4.69) is 15.7 Å². The van der Waals surface area contributed by atoms with Crippen LogP contribution in [0.25, 0.3) is 11.1 Å². The summed E-state index contributed by atoms with van der Waals surface area (Å²) in [6, 6.07) is 13.7. The van der Waals surface area contributed by atoms with Crippen LogP contribution in [0.2, 0.25) is 0 Å². The number of nitrogens with zero attached hydrogens (tertiary/aromatic N) is 2. The molecule has 148 valence electrons. The minimum Gasteiger partial charge on any atom is -0.497 e. The van der Waals surface area contributed by atoms with Crippen LogP contribution in [0.1, 0.15) is 12.5 Å². The van der Waals surface area contributed by atoms with E-state index >= 15 is 0 Å². The van der Waals surface area contributed by atoms with Crippen molar-refractivity contribution in [3.05, 3.63) is 54.7 Å². The third-order valence-electron chi connectivity index (χ3n) is 4.79. The number of carbonyl (C=O) groups excluding carboxylic acids is 2. The third kappa shape index (κ3) is 3.64. The van der Waals surface area contributed by atoms with Gasteiger partial charge in [0.05, 0.1) is 26.8 Å². The molecule has 0 saturated carbocycles. The number of fused-ring (bicyclic) bond motifs is 1. The number of aromatic nitrogens is 2. The number of rotatable bonds is 5. The van der Waals surface area contributed by atoms with Crippen molar-refractivity contribution in [3.63, 3.8) is 0 Å². The smallest absolute Gasteiger partial charge is 0.249 e. The molecular formula is C21H20N4O4. The number of ether oxygens (including phenoxy) is 2. The number of nitrogens with one attached hydrogen (secondary N) is 2. The number of methoxy groups -OCH3 is 2. The van der Waals surface area contributed by atoms with Gasteiger partial charge in [0.1, 0.15) is 23.4 Å². The summed E-state index contributed by atoms with van der Waals surface area (Å²) < 4.78 is 11.9. The Kier molecular flexibility index (Phi) is 4.90. The molecule has 8 nitrogen and oxygen atoms in total. The van der Waals surface area contributed by atoms with Crippen LogP contribution in [0.3, 0.4) is 0 Å². The van der Waals surface area contributed by atoms with Gasteiger partial charge in [-0.2, -0.15) is 5.10 Å². The zero-order valence-corrected chi connectivity index (χ0v) is 16.0. The average molecular weight is 392 g/mol. The summed E-state index contributed by atoms with van der Waals surface area (Å²) in [7, 11) is 3.18. The summed E-state index contributed by atoms with van der Waals surface area (Å²) in [4.78, 5) is 25.1. The highest BCUT2D eigenvalue weighted by molar-refractivity contribution is 6.03. The summed E-state index contributed by atoms with van der Waals surface area (Å²) in [6.45, 7) is 0. The molecular weight excluding hydrogens is 372 g/mol. The van der Waals surface area contributed by atoms with Gasteiger partial charge in [-0.3, -0.25) is 9.59 Å². The lowest BCUT2D eigenvalue weighted by molar-refractivity contribution is -0.125. The van der Waals surface area contributed by atoms with Gasteiger partial charge in [-0.25, -0.2) is 4.68 Å². The van der Waals surface area contributed by atoms with E-state index in [1.54, 1.807) is 49.4 Å². The Morgan fingerprint density at radius 1 is 1.07 bits per heavy atom. The molecule has 2 aromatic carbocycles. The van der Waals surface area contributed by atoms with Gasteiger partial charge in [-0.1, -0.05) is 12.1 Å². The number of benzene rings is 2. The molecule has 1 aliphatic rings. The Hall–Kier alpha value is -3.81. The van der Waals surface area contributed by atoms with Gasteiger partial charge >= 0.3 is 0 Å². The second-order valence-electron chi connectivity index (χ2n) is 6.57. The Morgan fingerprint density at radius 3 is 2.31 bits per heavy atom. The van der Waals surface area contributed by atoms with Crippen molar-refractivity contribution in [3.8, 4) is 22.6 Å². The molecule has 3 aromatic rings. The minimum absolute atomic E-state index is 0.0126. The van der Waals surface area contributed by atoms with E-state index in [-0.39, 0.29) is 18.2 Å². The molecule has 1 aromatic heterocycles. The first-order chi connectivity index (χ1) is 14.1. The topological polar surface area (TPSA) is 94.5 Å². The van der Waals surface area contributed by atoms with Crippen LogP contribution in [-0.4, -0.2) is 35.8 Å². The molecule has 0 fully saturated rings. The Morgan fingerprint density at radius 2 is 1.69 bits per heavy atom. The number of hydrogen-bond donors (Lipinski definition) is 2. The van der Waals surface area contributed by atoms with E-state index in [1.165, 1.54) is 0 Å². The highest BCUT2D eigenvalue weighted by Crippen LogP contribution is 2.35. The first-order valence-electron chi connectivity index (χ1n) is 9.05. The summed E-state index contributed by atoms with van der Waals surface area (Å²) in [5.74, 6) is 1.38. The lowest BCUT2D eigenvalue weighted by Crippen LogP contribution is -2.35. The lowest BCUT2D eigenvalue weighted by atomic mass is 10.1. The minimum atomic E-state index is -0.743. The summed E-state index contributed by atoms with van der Waals surface area (Å²) >= 11 is 0. The van der Waals surface area contributed by atoms with E-state index in [1.807, 2.05) is 24.3 Å². The zero-order chi connectivity index (χ0) is 20.4. The zero-order valence-electron chi connectivity index (χ0n) is 16.0. The molecule has 2 N–H and O–H groups in total. The van der Waals surface area contributed by atoms with Crippen LogP contribution in [-0.2, 0) is 9.59 Å². The van der Waals surface area contributed by atoms with Gasteiger partial charge in [-0.05, 0) is 42.0 Å². The van der Waals surface area contributed by atoms with Gasteiger partial charge < -0.3 is 20.1 Å². The molecule has 2 heterocycles. The monoisotopic (exact) mass is 392 g/mol. The first-order valence-corrected chi connectivity index (χ1v) is 9.05. The predicted octanol–water partition coefficient (Wildman–Crippen LogP) is 3.09. The van der Waals surface area contributed by atoms with Gasteiger partial charge in [0.15, 0.2) is 0 Å². The Labute approximate surface area is 167 Å². The van der Waals surface area contributed by atoms with Crippen molar-refractivity contribution < 1.29 is 19.1 Å².